The molecule has 0 saturated heterocycles. The SMILES string of the molecule is CCCCCCCOC1CC(C)(C)CCC1NCC. The maximum absolute atomic E-state index is 6.20. The predicted octanol–water partition coefficient (Wildman–Crippen LogP) is 4.53. The maximum atomic E-state index is 6.20. The Kier molecular flexibility index (Phi) is 8.01. The number of rotatable bonds is 9. The lowest BCUT2D eigenvalue weighted by molar-refractivity contribution is -0.0290. The van der Waals surface area contributed by atoms with E-state index in [2.05, 4.69) is 33.0 Å². The number of nitrogens with one attached hydrogen (secondary N) is 1. The highest BCUT2D eigenvalue weighted by Crippen LogP contribution is 2.36. The lowest BCUT2D eigenvalue weighted by Gasteiger charge is -2.41. The van der Waals surface area contributed by atoms with E-state index in [0.717, 1.165) is 13.2 Å². The minimum atomic E-state index is 0.426. The molecular formula is C17H35NO. The van der Waals surface area contributed by atoms with Crippen LogP contribution in [0.2, 0.25) is 0 Å². The van der Waals surface area contributed by atoms with E-state index in [-0.39, 0.29) is 0 Å². The zero-order chi connectivity index (χ0) is 14.1. The quantitative estimate of drug-likeness (QED) is 0.621. The molecule has 1 aliphatic carbocycles. The molecule has 2 atom stereocenters. The molecule has 1 saturated carbocycles. The van der Waals surface area contributed by atoms with E-state index < -0.39 is 0 Å². The van der Waals surface area contributed by atoms with E-state index in [1.165, 1.54) is 51.4 Å². The third kappa shape index (κ3) is 6.76. The van der Waals surface area contributed by atoms with Crippen LogP contribution in [0.25, 0.3) is 0 Å². The van der Waals surface area contributed by atoms with E-state index in [9.17, 15) is 0 Å². The molecule has 0 spiro atoms. The van der Waals surface area contributed by atoms with E-state index in [4.69, 9.17) is 4.74 Å². The molecule has 0 heterocycles. The summed E-state index contributed by atoms with van der Waals surface area (Å²) < 4.78 is 6.20. The van der Waals surface area contributed by atoms with Crippen molar-refractivity contribution in [3.05, 3.63) is 0 Å². The Morgan fingerprint density at radius 1 is 1.11 bits per heavy atom. The molecule has 2 unspecified atom stereocenters. The maximum Gasteiger partial charge on any atom is 0.0733 e. The van der Waals surface area contributed by atoms with E-state index in [1.807, 2.05) is 0 Å². The van der Waals surface area contributed by atoms with Crippen molar-refractivity contribution in [1.29, 1.82) is 0 Å². The third-order valence-electron chi connectivity index (χ3n) is 4.38. The van der Waals surface area contributed by atoms with Crippen LogP contribution in [0.3, 0.4) is 0 Å². The summed E-state index contributed by atoms with van der Waals surface area (Å²) in [7, 11) is 0. The van der Waals surface area contributed by atoms with Gasteiger partial charge in [-0.25, -0.2) is 0 Å². The lowest BCUT2D eigenvalue weighted by Crippen LogP contribution is -2.47. The van der Waals surface area contributed by atoms with Gasteiger partial charge in [-0.15, -0.1) is 0 Å². The van der Waals surface area contributed by atoms with Crippen LogP contribution in [0.5, 0.6) is 0 Å². The molecule has 0 aromatic heterocycles. The van der Waals surface area contributed by atoms with E-state index in [0.29, 0.717) is 17.6 Å². The van der Waals surface area contributed by atoms with Crippen molar-refractivity contribution in [1.82, 2.24) is 5.32 Å². The van der Waals surface area contributed by atoms with Gasteiger partial charge in [0.05, 0.1) is 6.10 Å². The average molecular weight is 269 g/mol. The van der Waals surface area contributed by atoms with Gasteiger partial charge in [0.2, 0.25) is 0 Å². The molecule has 1 N–H and O–H groups in total. The summed E-state index contributed by atoms with van der Waals surface area (Å²) >= 11 is 0. The lowest BCUT2D eigenvalue weighted by atomic mass is 9.74. The first-order valence-electron chi connectivity index (χ1n) is 8.44. The summed E-state index contributed by atoms with van der Waals surface area (Å²) in [6, 6.07) is 0.577. The summed E-state index contributed by atoms with van der Waals surface area (Å²) in [6.07, 6.45) is 10.8. The first kappa shape index (κ1) is 17.0. The molecule has 0 bridgehead atoms. The highest BCUT2D eigenvalue weighted by atomic mass is 16.5. The second kappa shape index (κ2) is 8.97. The van der Waals surface area contributed by atoms with Crippen LogP contribution in [-0.2, 0) is 4.74 Å². The van der Waals surface area contributed by atoms with Crippen molar-refractivity contribution in [2.24, 2.45) is 5.41 Å². The summed E-state index contributed by atoms with van der Waals surface area (Å²) in [5, 5.41) is 3.61. The monoisotopic (exact) mass is 269 g/mol. The Morgan fingerprint density at radius 3 is 2.53 bits per heavy atom. The molecule has 19 heavy (non-hydrogen) atoms. The van der Waals surface area contributed by atoms with Crippen molar-refractivity contribution in [2.45, 2.75) is 91.2 Å². The fourth-order valence-electron chi connectivity index (χ4n) is 3.13. The van der Waals surface area contributed by atoms with Gasteiger partial charge in [-0.1, -0.05) is 53.4 Å². The molecule has 2 heteroatoms. The first-order valence-corrected chi connectivity index (χ1v) is 8.44. The van der Waals surface area contributed by atoms with Crippen LogP contribution in [-0.4, -0.2) is 25.3 Å². The molecule has 1 aliphatic rings. The number of hydrogen-bond donors (Lipinski definition) is 1. The van der Waals surface area contributed by atoms with Crippen molar-refractivity contribution >= 4 is 0 Å². The summed E-state index contributed by atoms with van der Waals surface area (Å²) in [5.41, 5.74) is 0.457. The molecule has 0 amide bonds. The number of likely N-dealkylation sites (N-methyl/N-ethyl adjacent to an activating group) is 1. The molecule has 1 rings (SSSR count). The topological polar surface area (TPSA) is 21.3 Å². The number of unbranched alkanes of at least 4 members (excludes halogenated alkanes) is 4. The Balaban J connectivity index is 2.25. The Hall–Kier alpha value is -0.0800. The fourth-order valence-corrected chi connectivity index (χ4v) is 3.13. The molecular weight excluding hydrogens is 234 g/mol. The van der Waals surface area contributed by atoms with Crippen LogP contribution in [0, 0.1) is 5.41 Å². The summed E-state index contributed by atoms with van der Waals surface area (Å²) in [5.74, 6) is 0. The Labute approximate surface area is 120 Å². The smallest absolute Gasteiger partial charge is 0.0733 e. The Bertz CT molecular complexity index is 227. The van der Waals surface area contributed by atoms with Gasteiger partial charge >= 0.3 is 0 Å². The minimum absolute atomic E-state index is 0.426. The van der Waals surface area contributed by atoms with Crippen LogP contribution < -0.4 is 5.32 Å². The molecule has 114 valence electrons. The van der Waals surface area contributed by atoms with Gasteiger partial charge in [-0.3, -0.25) is 0 Å². The predicted molar refractivity (Wildman–Crippen MR) is 83.6 cm³/mol. The van der Waals surface area contributed by atoms with Gasteiger partial charge in [0.25, 0.3) is 0 Å². The standard InChI is InChI=1S/C17H35NO/c1-5-7-8-9-10-13-19-16-14-17(3,4)12-11-15(16)18-6-2/h15-16,18H,5-14H2,1-4H3. The minimum Gasteiger partial charge on any atom is -0.377 e. The van der Waals surface area contributed by atoms with Gasteiger partial charge < -0.3 is 10.1 Å². The second-order valence-electron chi connectivity index (χ2n) is 6.89. The van der Waals surface area contributed by atoms with Crippen molar-refractivity contribution < 1.29 is 4.74 Å². The van der Waals surface area contributed by atoms with Crippen molar-refractivity contribution in [3.8, 4) is 0 Å². The largest absolute Gasteiger partial charge is 0.377 e. The summed E-state index contributed by atoms with van der Waals surface area (Å²) in [4.78, 5) is 0. The number of hydrogen-bond acceptors (Lipinski definition) is 2. The molecule has 0 aromatic rings. The molecule has 2 nitrogen and oxygen atoms in total. The molecule has 0 aromatic carbocycles. The number of ether oxygens (including phenoxy) is 1. The van der Waals surface area contributed by atoms with E-state index >= 15 is 0 Å². The molecule has 1 fully saturated rings. The van der Waals surface area contributed by atoms with Gasteiger partial charge in [0, 0.05) is 12.6 Å². The van der Waals surface area contributed by atoms with Gasteiger partial charge in [-0.05, 0) is 37.6 Å². The zero-order valence-corrected chi connectivity index (χ0v) is 13.6. The Morgan fingerprint density at radius 2 is 1.84 bits per heavy atom. The van der Waals surface area contributed by atoms with Crippen molar-refractivity contribution in [2.75, 3.05) is 13.2 Å². The van der Waals surface area contributed by atoms with Crippen LogP contribution in [0.4, 0.5) is 0 Å². The van der Waals surface area contributed by atoms with Gasteiger partial charge in [0.1, 0.15) is 0 Å². The molecule has 0 aliphatic heterocycles. The average Bonchev–Trinajstić information content (AvgIpc) is 2.36. The van der Waals surface area contributed by atoms with Crippen molar-refractivity contribution in [3.63, 3.8) is 0 Å². The molecule has 0 radical (unpaired) electrons. The van der Waals surface area contributed by atoms with Crippen LogP contribution >= 0.6 is 0 Å². The van der Waals surface area contributed by atoms with E-state index in [1.54, 1.807) is 0 Å². The van der Waals surface area contributed by atoms with Gasteiger partial charge in [0.15, 0.2) is 0 Å². The second-order valence-corrected chi connectivity index (χ2v) is 6.89. The third-order valence-corrected chi connectivity index (χ3v) is 4.38. The highest BCUT2D eigenvalue weighted by molar-refractivity contribution is 4.89. The first-order chi connectivity index (χ1) is 9.09. The fraction of sp³-hybridized carbons (Fsp3) is 1.00. The van der Waals surface area contributed by atoms with Crippen LogP contribution in [0.1, 0.15) is 79.1 Å². The zero-order valence-electron chi connectivity index (χ0n) is 13.6. The van der Waals surface area contributed by atoms with Crippen LogP contribution in [0.15, 0.2) is 0 Å². The summed E-state index contributed by atoms with van der Waals surface area (Å²) in [6.45, 7) is 11.2. The highest BCUT2D eigenvalue weighted by Gasteiger charge is 2.34. The normalized spacial score (nSPS) is 26.5. The van der Waals surface area contributed by atoms with Gasteiger partial charge in [-0.2, -0.15) is 0 Å².